The Labute approximate surface area is 127 Å². The molecule has 0 aliphatic rings. The molecular weight excluding hydrogens is 287 g/mol. The summed E-state index contributed by atoms with van der Waals surface area (Å²) in [6, 6.07) is 5.60. The molecule has 116 valence electrons. The molecule has 0 N–H and O–H groups in total. The quantitative estimate of drug-likeness (QED) is 0.809. The number of rotatable bonds is 4. The van der Waals surface area contributed by atoms with Crippen LogP contribution in [0.2, 0.25) is 0 Å². The zero-order valence-electron chi connectivity index (χ0n) is 12.7. The minimum atomic E-state index is -0.545. The van der Waals surface area contributed by atoms with Gasteiger partial charge in [0.05, 0.1) is 24.3 Å². The van der Waals surface area contributed by atoms with Crippen molar-refractivity contribution in [2.45, 2.75) is 20.8 Å². The number of benzene rings is 2. The van der Waals surface area contributed by atoms with Gasteiger partial charge in [-0.25, -0.2) is 14.0 Å². The van der Waals surface area contributed by atoms with E-state index in [-0.39, 0.29) is 24.3 Å². The third kappa shape index (κ3) is 2.93. The first kappa shape index (κ1) is 15.9. The first-order valence-corrected chi connectivity index (χ1v) is 7.06. The number of hydrogen-bond acceptors (Lipinski definition) is 4. The van der Waals surface area contributed by atoms with Crippen LogP contribution >= 0.6 is 0 Å². The fourth-order valence-electron chi connectivity index (χ4n) is 2.37. The highest BCUT2D eigenvalue weighted by Gasteiger charge is 2.21. The van der Waals surface area contributed by atoms with Gasteiger partial charge < -0.3 is 9.47 Å². The third-order valence-electron chi connectivity index (χ3n) is 3.34. The Kier molecular flexibility index (Phi) is 4.75. The van der Waals surface area contributed by atoms with Crippen LogP contribution in [0.5, 0.6) is 0 Å². The summed E-state index contributed by atoms with van der Waals surface area (Å²) in [5.74, 6) is -1.53. The maximum atomic E-state index is 13.5. The molecule has 0 aliphatic carbocycles. The molecule has 2 aromatic rings. The van der Waals surface area contributed by atoms with Gasteiger partial charge in [0.2, 0.25) is 0 Å². The van der Waals surface area contributed by atoms with Crippen LogP contribution in [0.4, 0.5) is 4.39 Å². The number of carbonyl (C=O) groups is 2. The molecule has 4 nitrogen and oxygen atoms in total. The van der Waals surface area contributed by atoms with Crippen LogP contribution in [-0.4, -0.2) is 25.2 Å². The largest absolute Gasteiger partial charge is 0.462 e. The molecule has 0 radical (unpaired) electrons. The van der Waals surface area contributed by atoms with E-state index in [9.17, 15) is 14.0 Å². The lowest BCUT2D eigenvalue weighted by Gasteiger charge is -2.14. The van der Waals surface area contributed by atoms with Crippen LogP contribution in [0.15, 0.2) is 24.3 Å². The van der Waals surface area contributed by atoms with E-state index >= 15 is 0 Å². The van der Waals surface area contributed by atoms with Gasteiger partial charge in [0.1, 0.15) is 5.82 Å². The number of hydrogen-bond donors (Lipinski definition) is 0. The SMILES string of the molecule is CCOC(=O)c1cc2cc(F)ccc2c(C(=O)OCC)c1C. The molecule has 0 bridgehead atoms. The van der Waals surface area contributed by atoms with E-state index in [4.69, 9.17) is 9.47 Å². The van der Waals surface area contributed by atoms with E-state index in [1.165, 1.54) is 24.3 Å². The van der Waals surface area contributed by atoms with Gasteiger partial charge in [-0.05, 0) is 55.3 Å². The fourth-order valence-corrected chi connectivity index (χ4v) is 2.37. The van der Waals surface area contributed by atoms with Gasteiger partial charge in [-0.1, -0.05) is 6.07 Å². The molecule has 2 rings (SSSR count). The average molecular weight is 304 g/mol. The Bertz CT molecular complexity index is 737. The number of esters is 2. The third-order valence-corrected chi connectivity index (χ3v) is 3.34. The van der Waals surface area contributed by atoms with Crippen molar-refractivity contribution >= 4 is 22.7 Å². The van der Waals surface area contributed by atoms with Gasteiger partial charge in [-0.15, -0.1) is 0 Å². The standard InChI is InChI=1S/C17H17FO4/c1-4-21-16(19)14-9-11-8-12(18)6-7-13(11)15(10(14)3)17(20)22-5-2/h6-9H,4-5H2,1-3H3. The summed E-state index contributed by atoms with van der Waals surface area (Å²) >= 11 is 0. The molecular formula is C17H17FO4. The minimum Gasteiger partial charge on any atom is -0.462 e. The number of halogens is 1. The molecule has 0 saturated carbocycles. The zero-order chi connectivity index (χ0) is 16.3. The topological polar surface area (TPSA) is 52.6 Å². The van der Waals surface area contributed by atoms with E-state index in [2.05, 4.69) is 0 Å². The maximum Gasteiger partial charge on any atom is 0.339 e. The van der Waals surface area contributed by atoms with Crippen molar-refractivity contribution < 1.29 is 23.5 Å². The highest BCUT2D eigenvalue weighted by Crippen LogP contribution is 2.28. The lowest BCUT2D eigenvalue weighted by atomic mass is 9.94. The summed E-state index contributed by atoms with van der Waals surface area (Å²) in [5, 5.41) is 1.00. The van der Waals surface area contributed by atoms with Crippen molar-refractivity contribution in [3.63, 3.8) is 0 Å². The predicted octanol–water partition coefficient (Wildman–Crippen LogP) is 3.64. The monoisotopic (exact) mass is 304 g/mol. The summed E-state index contributed by atoms with van der Waals surface area (Å²) in [6.07, 6.45) is 0. The molecule has 22 heavy (non-hydrogen) atoms. The lowest BCUT2D eigenvalue weighted by Crippen LogP contribution is -2.13. The highest BCUT2D eigenvalue weighted by molar-refractivity contribution is 6.10. The van der Waals surface area contributed by atoms with Crippen LogP contribution in [0.25, 0.3) is 10.8 Å². The van der Waals surface area contributed by atoms with Gasteiger partial charge in [-0.2, -0.15) is 0 Å². The first-order valence-electron chi connectivity index (χ1n) is 7.06. The summed E-state index contributed by atoms with van der Waals surface area (Å²) in [6.45, 7) is 5.48. The van der Waals surface area contributed by atoms with Crippen LogP contribution in [0.1, 0.15) is 40.1 Å². The predicted molar refractivity (Wildman–Crippen MR) is 80.6 cm³/mol. The van der Waals surface area contributed by atoms with E-state index in [0.29, 0.717) is 16.3 Å². The zero-order valence-corrected chi connectivity index (χ0v) is 12.7. The van der Waals surface area contributed by atoms with Crippen molar-refractivity contribution in [1.82, 2.24) is 0 Å². The van der Waals surface area contributed by atoms with Gasteiger partial charge in [-0.3, -0.25) is 0 Å². The maximum absolute atomic E-state index is 13.5. The molecule has 2 aromatic carbocycles. The number of ether oxygens (including phenoxy) is 2. The molecule has 0 spiro atoms. The molecule has 0 aromatic heterocycles. The molecule has 0 heterocycles. The summed E-state index contributed by atoms with van der Waals surface area (Å²) in [5.41, 5.74) is 0.974. The first-order chi connectivity index (χ1) is 10.5. The number of carbonyl (C=O) groups excluding carboxylic acids is 2. The van der Waals surface area contributed by atoms with Crippen LogP contribution in [0.3, 0.4) is 0 Å². The highest BCUT2D eigenvalue weighted by atomic mass is 19.1. The molecule has 0 saturated heterocycles. The Hall–Kier alpha value is -2.43. The summed E-state index contributed by atoms with van der Waals surface area (Å²) in [7, 11) is 0. The van der Waals surface area contributed by atoms with Gasteiger partial charge in [0.25, 0.3) is 0 Å². The average Bonchev–Trinajstić information content (AvgIpc) is 2.47. The Morgan fingerprint density at radius 2 is 1.68 bits per heavy atom. The fraction of sp³-hybridized carbons (Fsp3) is 0.294. The molecule has 0 fully saturated rings. The van der Waals surface area contributed by atoms with Crippen molar-refractivity contribution in [1.29, 1.82) is 0 Å². The number of fused-ring (bicyclic) bond motifs is 1. The smallest absolute Gasteiger partial charge is 0.339 e. The van der Waals surface area contributed by atoms with Crippen molar-refractivity contribution in [2.24, 2.45) is 0 Å². The summed E-state index contributed by atoms with van der Waals surface area (Å²) < 4.78 is 23.5. The van der Waals surface area contributed by atoms with Gasteiger partial charge in [0, 0.05) is 0 Å². The van der Waals surface area contributed by atoms with Crippen LogP contribution in [0, 0.1) is 12.7 Å². The Balaban J connectivity index is 2.75. The molecule has 5 heteroatoms. The van der Waals surface area contributed by atoms with Gasteiger partial charge in [0.15, 0.2) is 0 Å². The van der Waals surface area contributed by atoms with Crippen LogP contribution in [-0.2, 0) is 9.47 Å². The van der Waals surface area contributed by atoms with Crippen molar-refractivity contribution in [2.75, 3.05) is 13.2 Å². The normalized spacial score (nSPS) is 10.5. The molecule has 0 aliphatic heterocycles. The van der Waals surface area contributed by atoms with E-state index in [1.54, 1.807) is 20.8 Å². The van der Waals surface area contributed by atoms with Crippen molar-refractivity contribution in [3.05, 3.63) is 46.8 Å². The summed E-state index contributed by atoms with van der Waals surface area (Å²) in [4.78, 5) is 24.3. The molecule has 0 amide bonds. The molecule has 0 unspecified atom stereocenters. The minimum absolute atomic E-state index is 0.213. The second-order valence-electron chi connectivity index (χ2n) is 4.73. The molecule has 0 atom stereocenters. The second kappa shape index (κ2) is 6.56. The Morgan fingerprint density at radius 3 is 2.32 bits per heavy atom. The van der Waals surface area contributed by atoms with Gasteiger partial charge >= 0.3 is 11.9 Å². The van der Waals surface area contributed by atoms with Crippen molar-refractivity contribution in [3.8, 4) is 0 Å². The van der Waals surface area contributed by atoms with Crippen LogP contribution < -0.4 is 0 Å². The second-order valence-corrected chi connectivity index (χ2v) is 4.73. The lowest BCUT2D eigenvalue weighted by molar-refractivity contribution is 0.0525. The van der Waals surface area contributed by atoms with E-state index in [1.807, 2.05) is 0 Å². The Morgan fingerprint density at radius 1 is 1.05 bits per heavy atom. The van der Waals surface area contributed by atoms with E-state index in [0.717, 1.165) is 0 Å². The van der Waals surface area contributed by atoms with E-state index < -0.39 is 17.8 Å².